The molecule has 0 heterocycles. The molecule has 17 heavy (non-hydrogen) atoms. The second kappa shape index (κ2) is 7.29. The minimum Gasteiger partial charge on any atom is -0.385 e. The highest BCUT2D eigenvalue weighted by molar-refractivity contribution is 6.31. The number of nitrogens with zero attached hydrogens (tertiary/aromatic N) is 2. The van der Waals surface area contributed by atoms with E-state index in [1.807, 2.05) is 13.1 Å². The number of halogens is 1. The van der Waals surface area contributed by atoms with Crippen molar-refractivity contribution < 1.29 is 4.74 Å². The Morgan fingerprint density at radius 3 is 2.82 bits per heavy atom. The lowest BCUT2D eigenvalue weighted by atomic mass is 10.1. The van der Waals surface area contributed by atoms with Crippen LogP contribution in [-0.4, -0.2) is 32.2 Å². The summed E-state index contributed by atoms with van der Waals surface area (Å²) in [6, 6.07) is 7.49. The molecule has 1 rings (SSSR count). The van der Waals surface area contributed by atoms with Crippen LogP contribution in [0, 0.1) is 11.3 Å². The van der Waals surface area contributed by atoms with Gasteiger partial charge in [0.1, 0.15) is 0 Å². The lowest BCUT2D eigenvalue weighted by Crippen LogP contribution is -2.20. The van der Waals surface area contributed by atoms with Gasteiger partial charge in [0, 0.05) is 31.8 Å². The number of hydrogen-bond donors (Lipinski definition) is 0. The van der Waals surface area contributed by atoms with Crippen LogP contribution in [0.3, 0.4) is 0 Å². The highest BCUT2D eigenvalue weighted by Crippen LogP contribution is 2.18. The lowest BCUT2D eigenvalue weighted by molar-refractivity contribution is 0.178. The highest BCUT2D eigenvalue weighted by Gasteiger charge is 2.05. The minimum absolute atomic E-state index is 0.598. The molecular formula is C13H17ClN2O. The largest absolute Gasteiger partial charge is 0.385 e. The second-order valence-corrected chi connectivity index (χ2v) is 4.41. The normalized spacial score (nSPS) is 10.5. The van der Waals surface area contributed by atoms with Crippen LogP contribution in [-0.2, 0) is 11.3 Å². The van der Waals surface area contributed by atoms with Gasteiger partial charge in [-0.15, -0.1) is 0 Å². The number of hydrogen-bond acceptors (Lipinski definition) is 3. The summed E-state index contributed by atoms with van der Waals surface area (Å²) in [5, 5.41) is 9.40. The molecule has 0 spiro atoms. The van der Waals surface area contributed by atoms with Crippen molar-refractivity contribution in [2.45, 2.75) is 13.0 Å². The van der Waals surface area contributed by atoms with Crippen molar-refractivity contribution in [2.24, 2.45) is 0 Å². The van der Waals surface area contributed by atoms with Crippen molar-refractivity contribution in [3.8, 4) is 6.07 Å². The molecule has 1 aromatic rings. The van der Waals surface area contributed by atoms with Gasteiger partial charge in [0.15, 0.2) is 0 Å². The molecule has 0 aliphatic carbocycles. The molecule has 0 saturated heterocycles. The van der Waals surface area contributed by atoms with Crippen molar-refractivity contribution >= 4 is 11.6 Å². The van der Waals surface area contributed by atoms with Crippen LogP contribution in [0.25, 0.3) is 0 Å². The summed E-state index contributed by atoms with van der Waals surface area (Å²) in [5.41, 5.74) is 1.64. The SMILES string of the molecule is COCCCN(C)Cc1ccc(C#N)cc1Cl. The fourth-order valence-corrected chi connectivity index (χ4v) is 1.83. The van der Waals surface area contributed by atoms with Gasteiger partial charge in [-0.3, -0.25) is 0 Å². The van der Waals surface area contributed by atoms with E-state index in [1.54, 1.807) is 19.2 Å². The van der Waals surface area contributed by atoms with Crippen molar-refractivity contribution in [1.29, 1.82) is 5.26 Å². The fourth-order valence-electron chi connectivity index (χ4n) is 1.59. The summed E-state index contributed by atoms with van der Waals surface area (Å²) in [5.74, 6) is 0. The summed E-state index contributed by atoms with van der Waals surface area (Å²) in [6.07, 6.45) is 1.00. The molecule has 0 aliphatic rings. The molecule has 0 N–H and O–H groups in total. The Bertz CT molecular complexity index is 401. The summed E-state index contributed by atoms with van der Waals surface area (Å²) < 4.78 is 5.01. The Labute approximate surface area is 108 Å². The zero-order valence-electron chi connectivity index (χ0n) is 10.2. The quantitative estimate of drug-likeness (QED) is 0.731. The van der Waals surface area contributed by atoms with Gasteiger partial charge in [0.05, 0.1) is 11.6 Å². The van der Waals surface area contributed by atoms with Crippen LogP contribution in [0.1, 0.15) is 17.5 Å². The first kappa shape index (κ1) is 14.0. The third kappa shape index (κ3) is 4.74. The summed E-state index contributed by atoms with van der Waals surface area (Å²) in [6.45, 7) is 2.52. The standard InChI is InChI=1S/C13H17ClN2O/c1-16(6-3-7-17-2)10-12-5-4-11(9-15)8-13(12)14/h4-5,8H,3,6-7,10H2,1-2H3. The van der Waals surface area contributed by atoms with Crippen molar-refractivity contribution in [1.82, 2.24) is 4.90 Å². The molecule has 0 unspecified atom stereocenters. The Morgan fingerprint density at radius 2 is 2.24 bits per heavy atom. The molecule has 0 radical (unpaired) electrons. The Balaban J connectivity index is 2.54. The van der Waals surface area contributed by atoms with Gasteiger partial charge in [-0.05, 0) is 31.2 Å². The van der Waals surface area contributed by atoms with E-state index in [0.29, 0.717) is 10.6 Å². The lowest BCUT2D eigenvalue weighted by Gasteiger charge is -2.17. The maximum atomic E-state index is 8.75. The third-order valence-corrected chi connectivity index (χ3v) is 2.86. The maximum Gasteiger partial charge on any atom is 0.0992 e. The van der Waals surface area contributed by atoms with Crippen LogP contribution < -0.4 is 0 Å². The number of benzene rings is 1. The van der Waals surface area contributed by atoms with Gasteiger partial charge in [0.25, 0.3) is 0 Å². The summed E-state index contributed by atoms with van der Waals surface area (Å²) in [4.78, 5) is 2.19. The van der Waals surface area contributed by atoms with Gasteiger partial charge in [0.2, 0.25) is 0 Å². The van der Waals surface area contributed by atoms with E-state index < -0.39 is 0 Å². The Morgan fingerprint density at radius 1 is 1.47 bits per heavy atom. The van der Waals surface area contributed by atoms with Gasteiger partial charge in [-0.25, -0.2) is 0 Å². The summed E-state index contributed by atoms with van der Waals surface area (Å²) >= 11 is 6.11. The van der Waals surface area contributed by atoms with Gasteiger partial charge < -0.3 is 9.64 Å². The second-order valence-electron chi connectivity index (χ2n) is 4.00. The van der Waals surface area contributed by atoms with E-state index in [9.17, 15) is 0 Å². The van der Waals surface area contributed by atoms with Crippen molar-refractivity contribution in [2.75, 3.05) is 27.3 Å². The molecule has 92 valence electrons. The molecule has 0 amide bonds. The average molecular weight is 253 g/mol. The minimum atomic E-state index is 0.598. The van der Waals surface area contributed by atoms with Gasteiger partial charge >= 0.3 is 0 Å². The third-order valence-electron chi connectivity index (χ3n) is 2.51. The molecule has 1 aromatic carbocycles. The Kier molecular flexibility index (Phi) is 5.99. The first-order chi connectivity index (χ1) is 8.17. The van der Waals surface area contributed by atoms with Crippen LogP contribution in [0.15, 0.2) is 18.2 Å². The van der Waals surface area contributed by atoms with Crippen LogP contribution in [0.2, 0.25) is 5.02 Å². The van der Waals surface area contributed by atoms with E-state index in [2.05, 4.69) is 11.0 Å². The van der Waals surface area contributed by atoms with E-state index >= 15 is 0 Å². The molecule has 0 aliphatic heterocycles. The summed E-state index contributed by atoms with van der Waals surface area (Å²) in [7, 11) is 3.75. The van der Waals surface area contributed by atoms with Crippen LogP contribution in [0.4, 0.5) is 0 Å². The zero-order valence-corrected chi connectivity index (χ0v) is 11.0. The highest BCUT2D eigenvalue weighted by atomic mass is 35.5. The van der Waals surface area contributed by atoms with Crippen LogP contribution >= 0.6 is 11.6 Å². The average Bonchev–Trinajstić information content (AvgIpc) is 2.32. The molecule has 0 saturated carbocycles. The molecule has 0 atom stereocenters. The van der Waals surface area contributed by atoms with E-state index in [4.69, 9.17) is 21.6 Å². The zero-order chi connectivity index (χ0) is 12.7. The fraction of sp³-hybridized carbons (Fsp3) is 0.462. The number of methoxy groups -OCH3 is 1. The molecule has 0 bridgehead atoms. The van der Waals surface area contributed by atoms with E-state index in [1.165, 1.54) is 0 Å². The molecule has 4 heteroatoms. The smallest absolute Gasteiger partial charge is 0.0992 e. The van der Waals surface area contributed by atoms with E-state index in [-0.39, 0.29) is 0 Å². The van der Waals surface area contributed by atoms with Gasteiger partial charge in [-0.1, -0.05) is 17.7 Å². The predicted octanol–water partition coefficient (Wildman–Crippen LogP) is 2.68. The van der Waals surface area contributed by atoms with Crippen molar-refractivity contribution in [3.05, 3.63) is 34.3 Å². The predicted molar refractivity (Wildman–Crippen MR) is 69.0 cm³/mol. The maximum absolute atomic E-state index is 8.75. The first-order valence-electron chi connectivity index (χ1n) is 5.53. The number of nitriles is 1. The molecule has 3 nitrogen and oxygen atoms in total. The molecule has 0 aromatic heterocycles. The first-order valence-corrected chi connectivity index (χ1v) is 5.91. The number of rotatable bonds is 6. The molecular weight excluding hydrogens is 236 g/mol. The number of ether oxygens (including phenoxy) is 1. The van der Waals surface area contributed by atoms with Crippen molar-refractivity contribution in [3.63, 3.8) is 0 Å². The van der Waals surface area contributed by atoms with Gasteiger partial charge in [-0.2, -0.15) is 5.26 Å². The monoisotopic (exact) mass is 252 g/mol. The van der Waals surface area contributed by atoms with Crippen LogP contribution in [0.5, 0.6) is 0 Å². The molecule has 0 fully saturated rings. The Hall–Kier alpha value is -1.08. The van der Waals surface area contributed by atoms with E-state index in [0.717, 1.165) is 31.7 Å². The topological polar surface area (TPSA) is 36.3 Å².